The Morgan fingerprint density at radius 2 is 1.52 bits per heavy atom. The van der Waals surface area contributed by atoms with Crippen molar-refractivity contribution in [3.63, 3.8) is 0 Å². The molecule has 0 atom stereocenters. The lowest BCUT2D eigenvalue weighted by Crippen LogP contribution is -2.51. The molecule has 0 amide bonds. The number of nitrogens with one attached hydrogen (secondary N) is 2. The summed E-state index contributed by atoms with van der Waals surface area (Å²) in [6.07, 6.45) is -3.36. The van der Waals surface area contributed by atoms with E-state index in [4.69, 9.17) is 0 Å². The minimum absolute atomic E-state index is 0.0541. The molecule has 168 valence electrons. The number of piperidine rings is 1. The third-order valence-corrected chi connectivity index (χ3v) is 9.15. The zero-order chi connectivity index (χ0) is 22.4. The standard InChI is InChI=1S/C22H26F3N3O2S/c1-21(2,31(29,30)17-7-5-6-16(14-17)22(23,24)25)15-10-12-28(13-11-15)20-26-18-8-3-4-9-19(18)27-20/h3-9,14-15,20,26-27H,10-13H2,1-2H3. The van der Waals surface area contributed by atoms with Gasteiger partial charge in [0, 0.05) is 13.1 Å². The molecule has 2 heterocycles. The summed E-state index contributed by atoms with van der Waals surface area (Å²) in [5.41, 5.74) is 1.11. The molecule has 2 N–H and O–H groups in total. The summed E-state index contributed by atoms with van der Waals surface area (Å²) in [4.78, 5) is 1.95. The van der Waals surface area contributed by atoms with E-state index >= 15 is 0 Å². The second-order valence-corrected chi connectivity index (χ2v) is 11.2. The summed E-state index contributed by atoms with van der Waals surface area (Å²) in [7, 11) is -3.95. The fourth-order valence-electron chi connectivity index (χ4n) is 4.46. The van der Waals surface area contributed by atoms with Gasteiger partial charge in [-0.15, -0.1) is 0 Å². The Labute approximate surface area is 180 Å². The number of rotatable bonds is 4. The predicted octanol–water partition coefficient (Wildman–Crippen LogP) is 4.79. The van der Waals surface area contributed by atoms with Gasteiger partial charge in [-0.05, 0) is 62.9 Å². The molecule has 0 aromatic heterocycles. The van der Waals surface area contributed by atoms with E-state index < -0.39 is 26.3 Å². The van der Waals surface area contributed by atoms with E-state index in [9.17, 15) is 21.6 Å². The van der Waals surface area contributed by atoms with Crippen molar-refractivity contribution in [3.05, 3.63) is 54.1 Å². The fourth-order valence-corrected chi connectivity index (χ4v) is 6.29. The van der Waals surface area contributed by atoms with Gasteiger partial charge in [0.05, 0.1) is 26.6 Å². The van der Waals surface area contributed by atoms with Crippen molar-refractivity contribution in [1.29, 1.82) is 0 Å². The van der Waals surface area contributed by atoms with Crippen LogP contribution in [0.1, 0.15) is 32.3 Å². The summed E-state index contributed by atoms with van der Waals surface area (Å²) in [6.45, 7) is 4.63. The molecule has 5 nitrogen and oxygen atoms in total. The van der Waals surface area contributed by atoms with Crippen molar-refractivity contribution in [2.24, 2.45) is 5.92 Å². The van der Waals surface area contributed by atoms with Crippen LogP contribution in [0.5, 0.6) is 0 Å². The first-order valence-electron chi connectivity index (χ1n) is 10.3. The quantitative estimate of drug-likeness (QED) is 0.697. The molecule has 2 aliphatic rings. The van der Waals surface area contributed by atoms with Crippen LogP contribution in [0.15, 0.2) is 53.4 Å². The highest BCUT2D eigenvalue weighted by Crippen LogP contribution is 2.40. The maximum atomic E-state index is 13.3. The van der Waals surface area contributed by atoms with E-state index in [-0.39, 0.29) is 17.1 Å². The van der Waals surface area contributed by atoms with E-state index in [2.05, 4.69) is 15.5 Å². The molecular weight excluding hydrogens is 427 g/mol. The number of anilines is 2. The summed E-state index contributed by atoms with van der Waals surface area (Å²) >= 11 is 0. The van der Waals surface area contributed by atoms with Gasteiger partial charge in [0.2, 0.25) is 0 Å². The number of hydrogen-bond acceptors (Lipinski definition) is 5. The summed E-state index contributed by atoms with van der Waals surface area (Å²) in [6, 6.07) is 12.0. The van der Waals surface area contributed by atoms with Gasteiger partial charge in [0.15, 0.2) is 16.1 Å². The number of hydrogen-bond donors (Lipinski definition) is 2. The third-order valence-electron chi connectivity index (χ3n) is 6.55. The first-order chi connectivity index (χ1) is 14.5. The van der Waals surface area contributed by atoms with Gasteiger partial charge in [-0.1, -0.05) is 18.2 Å². The Kier molecular flexibility index (Phi) is 5.46. The van der Waals surface area contributed by atoms with Gasteiger partial charge in [0.25, 0.3) is 0 Å². The van der Waals surface area contributed by atoms with Crippen molar-refractivity contribution in [2.45, 2.75) is 48.8 Å². The number of nitrogens with zero attached hydrogens (tertiary/aromatic N) is 1. The number of sulfone groups is 1. The highest BCUT2D eigenvalue weighted by atomic mass is 32.2. The minimum Gasteiger partial charge on any atom is -0.351 e. The summed E-state index contributed by atoms with van der Waals surface area (Å²) < 4.78 is 64.7. The Morgan fingerprint density at radius 3 is 2.06 bits per heavy atom. The van der Waals surface area contributed by atoms with Crippen molar-refractivity contribution in [2.75, 3.05) is 23.7 Å². The van der Waals surface area contributed by atoms with Crippen molar-refractivity contribution < 1.29 is 21.6 Å². The van der Waals surface area contributed by atoms with Gasteiger partial charge in [0.1, 0.15) is 0 Å². The smallest absolute Gasteiger partial charge is 0.351 e. The lowest BCUT2D eigenvalue weighted by atomic mass is 9.86. The zero-order valence-corrected chi connectivity index (χ0v) is 18.2. The third kappa shape index (κ3) is 4.01. The number of para-hydroxylation sites is 2. The molecule has 1 saturated heterocycles. The molecule has 0 radical (unpaired) electrons. The SMILES string of the molecule is CC(C)(C1CCN(C2Nc3ccccc3N2)CC1)S(=O)(=O)c1cccc(C(F)(F)F)c1. The van der Waals surface area contributed by atoms with Gasteiger partial charge >= 0.3 is 6.18 Å². The molecule has 0 saturated carbocycles. The van der Waals surface area contributed by atoms with Crippen LogP contribution in [-0.2, 0) is 16.0 Å². The lowest BCUT2D eigenvalue weighted by molar-refractivity contribution is -0.137. The molecule has 1 fully saturated rings. The van der Waals surface area contributed by atoms with Crippen LogP contribution in [0.25, 0.3) is 0 Å². The Hall–Kier alpha value is -2.26. The number of benzene rings is 2. The Balaban J connectivity index is 1.46. The van der Waals surface area contributed by atoms with Gasteiger partial charge in [-0.25, -0.2) is 8.42 Å². The fraction of sp³-hybridized carbons (Fsp3) is 0.455. The van der Waals surface area contributed by atoms with Crippen LogP contribution in [0, 0.1) is 5.92 Å². The average molecular weight is 454 g/mol. The van der Waals surface area contributed by atoms with E-state index in [0.717, 1.165) is 29.6 Å². The maximum absolute atomic E-state index is 13.3. The summed E-state index contributed by atoms with van der Waals surface area (Å²) in [5.74, 6) is -0.160. The van der Waals surface area contributed by atoms with Crippen LogP contribution < -0.4 is 10.6 Å². The number of alkyl halides is 3. The molecule has 0 unspecified atom stereocenters. The molecule has 2 aromatic rings. The lowest BCUT2D eigenvalue weighted by Gasteiger charge is -2.42. The van der Waals surface area contributed by atoms with Crippen molar-refractivity contribution >= 4 is 21.2 Å². The Morgan fingerprint density at radius 1 is 0.935 bits per heavy atom. The second-order valence-electron chi connectivity index (χ2n) is 8.68. The number of fused-ring (bicyclic) bond motifs is 1. The molecule has 31 heavy (non-hydrogen) atoms. The first kappa shape index (κ1) is 22.0. The van der Waals surface area contributed by atoms with E-state index in [1.165, 1.54) is 6.07 Å². The highest BCUT2D eigenvalue weighted by Gasteiger charge is 2.45. The van der Waals surface area contributed by atoms with Crippen LogP contribution in [0.4, 0.5) is 24.5 Å². The van der Waals surface area contributed by atoms with Crippen molar-refractivity contribution in [3.8, 4) is 0 Å². The molecule has 4 rings (SSSR count). The van der Waals surface area contributed by atoms with Crippen LogP contribution in [0.2, 0.25) is 0 Å². The predicted molar refractivity (Wildman–Crippen MR) is 114 cm³/mol. The molecule has 2 aliphatic heterocycles. The number of likely N-dealkylation sites (tertiary alicyclic amines) is 1. The first-order valence-corrected chi connectivity index (χ1v) is 11.8. The average Bonchev–Trinajstić information content (AvgIpc) is 3.17. The van der Waals surface area contributed by atoms with Gasteiger partial charge < -0.3 is 10.6 Å². The molecule has 0 bridgehead atoms. The minimum atomic E-state index is -4.58. The Bertz CT molecular complexity index is 1040. The van der Waals surface area contributed by atoms with Crippen LogP contribution in [0.3, 0.4) is 0 Å². The highest BCUT2D eigenvalue weighted by molar-refractivity contribution is 7.92. The monoisotopic (exact) mass is 453 g/mol. The normalized spacial score (nSPS) is 19.0. The second kappa shape index (κ2) is 7.70. The van der Waals surface area contributed by atoms with E-state index in [0.29, 0.717) is 25.9 Å². The summed E-state index contributed by atoms with van der Waals surface area (Å²) in [5, 5.41) is 6.85. The maximum Gasteiger partial charge on any atom is 0.416 e. The van der Waals surface area contributed by atoms with Crippen molar-refractivity contribution in [1.82, 2.24) is 4.90 Å². The molecule has 0 aliphatic carbocycles. The molecule has 2 aromatic carbocycles. The molecule has 9 heteroatoms. The van der Waals surface area contributed by atoms with E-state index in [1.807, 2.05) is 24.3 Å². The largest absolute Gasteiger partial charge is 0.416 e. The van der Waals surface area contributed by atoms with Crippen LogP contribution in [-0.4, -0.2) is 37.4 Å². The van der Waals surface area contributed by atoms with Crippen LogP contribution >= 0.6 is 0 Å². The molecular formula is C22H26F3N3O2S. The van der Waals surface area contributed by atoms with Gasteiger partial charge in [-0.3, -0.25) is 4.90 Å². The molecule has 0 spiro atoms. The topological polar surface area (TPSA) is 61.4 Å². The number of halogens is 3. The van der Waals surface area contributed by atoms with Gasteiger partial charge in [-0.2, -0.15) is 13.2 Å². The zero-order valence-electron chi connectivity index (χ0n) is 17.4. The van der Waals surface area contributed by atoms with E-state index in [1.54, 1.807) is 13.8 Å².